The Labute approximate surface area is 136 Å². The van der Waals surface area contributed by atoms with Crippen LogP contribution in [-0.4, -0.2) is 55.2 Å². The van der Waals surface area contributed by atoms with E-state index in [9.17, 15) is 0 Å². The van der Waals surface area contributed by atoms with Crippen molar-refractivity contribution in [3.63, 3.8) is 0 Å². The van der Waals surface area contributed by atoms with Gasteiger partial charge in [0.1, 0.15) is 0 Å². The van der Waals surface area contributed by atoms with Crippen molar-refractivity contribution in [1.82, 2.24) is 15.2 Å². The number of fused-ring (bicyclic) bond motifs is 1. The number of anilines is 1. The monoisotopic (exact) mass is 316 g/mol. The number of pyridine rings is 1. The van der Waals surface area contributed by atoms with Gasteiger partial charge in [0.05, 0.1) is 5.52 Å². The van der Waals surface area contributed by atoms with E-state index < -0.39 is 0 Å². The highest BCUT2D eigenvalue weighted by Gasteiger charge is 2.26. The van der Waals surface area contributed by atoms with Gasteiger partial charge >= 0.3 is 0 Å². The second-order valence-corrected chi connectivity index (χ2v) is 6.60. The number of nitrogens with one attached hydrogen (secondary N) is 1. The van der Waals surface area contributed by atoms with Crippen LogP contribution < -0.4 is 10.2 Å². The Morgan fingerprint density at radius 3 is 2.77 bits per heavy atom. The van der Waals surface area contributed by atoms with Crippen LogP contribution in [0, 0.1) is 0 Å². The van der Waals surface area contributed by atoms with E-state index in [2.05, 4.69) is 32.2 Å². The van der Waals surface area contributed by atoms with Gasteiger partial charge in [-0.3, -0.25) is 9.88 Å². The summed E-state index contributed by atoms with van der Waals surface area (Å²) in [6, 6.07) is 8.85. The van der Waals surface area contributed by atoms with Crippen LogP contribution in [-0.2, 0) is 0 Å². The van der Waals surface area contributed by atoms with Crippen LogP contribution in [0.1, 0.15) is 6.42 Å². The first-order valence-electron chi connectivity index (χ1n) is 8.05. The molecule has 4 nitrogen and oxygen atoms in total. The molecule has 116 valence electrons. The lowest BCUT2D eigenvalue weighted by Gasteiger charge is -2.39. The number of halogens is 1. The molecule has 1 aromatic heterocycles. The normalized spacial score (nSPS) is 23.3. The molecule has 2 fully saturated rings. The number of rotatable bonds is 2. The molecule has 1 atom stereocenters. The zero-order valence-corrected chi connectivity index (χ0v) is 13.4. The fraction of sp³-hybridized carbons (Fsp3) is 0.471. The maximum absolute atomic E-state index is 6.08. The second-order valence-electron chi connectivity index (χ2n) is 6.16. The SMILES string of the molecule is Clc1ccc2c(N3CCN(C4CCNC4)CC3)ccnc2c1. The molecule has 0 amide bonds. The van der Waals surface area contributed by atoms with Crippen molar-refractivity contribution in [1.29, 1.82) is 0 Å². The molecule has 0 aliphatic carbocycles. The van der Waals surface area contributed by atoms with E-state index in [1.54, 1.807) is 0 Å². The van der Waals surface area contributed by atoms with Crippen molar-refractivity contribution in [2.75, 3.05) is 44.2 Å². The molecular formula is C17H21ClN4. The molecule has 4 rings (SSSR count). The summed E-state index contributed by atoms with van der Waals surface area (Å²) in [5, 5.41) is 5.41. The van der Waals surface area contributed by atoms with Crippen molar-refractivity contribution in [2.24, 2.45) is 0 Å². The maximum Gasteiger partial charge on any atom is 0.0737 e. The highest BCUT2D eigenvalue weighted by molar-refractivity contribution is 6.31. The minimum Gasteiger partial charge on any atom is -0.368 e. The summed E-state index contributed by atoms with van der Waals surface area (Å²) in [5.74, 6) is 0. The van der Waals surface area contributed by atoms with Crippen LogP contribution in [0.15, 0.2) is 30.5 Å². The fourth-order valence-electron chi connectivity index (χ4n) is 3.66. The molecule has 3 heterocycles. The summed E-state index contributed by atoms with van der Waals surface area (Å²) < 4.78 is 0. The fourth-order valence-corrected chi connectivity index (χ4v) is 3.83. The number of hydrogen-bond acceptors (Lipinski definition) is 4. The van der Waals surface area contributed by atoms with E-state index in [0.29, 0.717) is 0 Å². The standard InChI is InChI=1S/C17H21ClN4/c18-13-1-2-15-16(11-13)20-6-4-17(15)22-9-7-21(8-10-22)14-3-5-19-12-14/h1-2,4,6,11,14,19H,3,5,7-10,12H2. The smallest absolute Gasteiger partial charge is 0.0737 e. The van der Waals surface area contributed by atoms with Crippen LogP contribution in [0.3, 0.4) is 0 Å². The number of hydrogen-bond donors (Lipinski definition) is 1. The minimum atomic E-state index is 0.732. The lowest BCUT2D eigenvalue weighted by molar-refractivity contribution is 0.197. The molecular weight excluding hydrogens is 296 g/mol. The molecule has 5 heteroatoms. The number of piperazine rings is 1. The quantitative estimate of drug-likeness (QED) is 0.922. The van der Waals surface area contributed by atoms with Crippen molar-refractivity contribution in [3.05, 3.63) is 35.5 Å². The summed E-state index contributed by atoms with van der Waals surface area (Å²) in [5.41, 5.74) is 2.26. The van der Waals surface area contributed by atoms with Gasteiger partial charge in [-0.1, -0.05) is 11.6 Å². The van der Waals surface area contributed by atoms with E-state index >= 15 is 0 Å². The Balaban J connectivity index is 1.53. The average molecular weight is 317 g/mol. The molecule has 1 N–H and O–H groups in total. The first kappa shape index (κ1) is 14.2. The average Bonchev–Trinajstić information content (AvgIpc) is 3.09. The first-order valence-corrected chi connectivity index (χ1v) is 8.43. The number of aromatic nitrogens is 1. The molecule has 1 aromatic carbocycles. The van der Waals surface area contributed by atoms with Crippen LogP contribution >= 0.6 is 11.6 Å². The molecule has 2 aromatic rings. The predicted molar refractivity (Wildman–Crippen MR) is 91.8 cm³/mol. The summed E-state index contributed by atoms with van der Waals surface area (Å²) in [6.07, 6.45) is 3.18. The zero-order valence-electron chi connectivity index (χ0n) is 12.6. The van der Waals surface area contributed by atoms with Gasteiger partial charge in [0.2, 0.25) is 0 Å². The van der Waals surface area contributed by atoms with E-state index in [1.165, 1.54) is 24.0 Å². The van der Waals surface area contributed by atoms with E-state index in [-0.39, 0.29) is 0 Å². The second kappa shape index (κ2) is 6.03. The minimum absolute atomic E-state index is 0.732. The number of benzene rings is 1. The van der Waals surface area contributed by atoms with Gasteiger partial charge in [0, 0.05) is 61.1 Å². The number of nitrogens with zero attached hydrogens (tertiary/aromatic N) is 3. The summed E-state index contributed by atoms with van der Waals surface area (Å²) >= 11 is 6.08. The van der Waals surface area contributed by atoms with E-state index in [4.69, 9.17) is 11.6 Å². The Morgan fingerprint density at radius 2 is 2.00 bits per heavy atom. The molecule has 2 saturated heterocycles. The molecule has 1 unspecified atom stereocenters. The van der Waals surface area contributed by atoms with Crippen molar-refractivity contribution < 1.29 is 0 Å². The van der Waals surface area contributed by atoms with Gasteiger partial charge in [0.15, 0.2) is 0 Å². The van der Waals surface area contributed by atoms with Gasteiger partial charge in [-0.15, -0.1) is 0 Å². The van der Waals surface area contributed by atoms with Gasteiger partial charge in [-0.2, -0.15) is 0 Å². The third-order valence-corrected chi connectivity index (χ3v) is 5.12. The summed E-state index contributed by atoms with van der Waals surface area (Å²) in [6.45, 7) is 6.77. The summed E-state index contributed by atoms with van der Waals surface area (Å²) in [7, 11) is 0. The highest BCUT2D eigenvalue weighted by Crippen LogP contribution is 2.28. The molecule has 0 radical (unpaired) electrons. The Morgan fingerprint density at radius 1 is 1.14 bits per heavy atom. The molecule has 2 aliphatic heterocycles. The largest absolute Gasteiger partial charge is 0.368 e. The summed E-state index contributed by atoms with van der Waals surface area (Å²) in [4.78, 5) is 9.56. The van der Waals surface area contributed by atoms with Gasteiger partial charge in [0.25, 0.3) is 0 Å². The van der Waals surface area contributed by atoms with Crippen LogP contribution in [0.25, 0.3) is 10.9 Å². The van der Waals surface area contributed by atoms with Gasteiger partial charge in [-0.25, -0.2) is 0 Å². The Bertz CT molecular complexity index is 661. The third-order valence-electron chi connectivity index (χ3n) is 4.89. The van der Waals surface area contributed by atoms with Crippen molar-refractivity contribution in [2.45, 2.75) is 12.5 Å². The van der Waals surface area contributed by atoms with Gasteiger partial charge in [-0.05, 0) is 37.2 Å². The maximum atomic E-state index is 6.08. The van der Waals surface area contributed by atoms with Crippen molar-refractivity contribution in [3.8, 4) is 0 Å². The Kier molecular flexibility index (Phi) is 3.90. The van der Waals surface area contributed by atoms with Crippen molar-refractivity contribution >= 4 is 28.2 Å². The van der Waals surface area contributed by atoms with E-state index in [0.717, 1.165) is 49.3 Å². The first-order chi connectivity index (χ1) is 10.8. The van der Waals surface area contributed by atoms with Gasteiger partial charge < -0.3 is 10.2 Å². The highest BCUT2D eigenvalue weighted by atomic mass is 35.5. The van der Waals surface area contributed by atoms with Crippen LogP contribution in [0.4, 0.5) is 5.69 Å². The topological polar surface area (TPSA) is 31.4 Å². The molecule has 0 spiro atoms. The van der Waals surface area contributed by atoms with Crippen LogP contribution in [0.5, 0.6) is 0 Å². The molecule has 0 bridgehead atoms. The molecule has 2 aliphatic rings. The molecule has 0 saturated carbocycles. The lowest BCUT2D eigenvalue weighted by Crippen LogP contribution is -2.51. The zero-order chi connectivity index (χ0) is 14.9. The Hall–Kier alpha value is -1.36. The third kappa shape index (κ3) is 2.67. The molecule has 22 heavy (non-hydrogen) atoms. The predicted octanol–water partition coefficient (Wildman–Crippen LogP) is 2.37. The van der Waals surface area contributed by atoms with Crippen LogP contribution in [0.2, 0.25) is 5.02 Å². The van der Waals surface area contributed by atoms with E-state index in [1.807, 2.05) is 18.3 Å². The lowest BCUT2D eigenvalue weighted by atomic mass is 10.1.